The van der Waals surface area contributed by atoms with Gasteiger partial charge in [0.1, 0.15) is 0 Å². The summed E-state index contributed by atoms with van der Waals surface area (Å²) < 4.78 is 0. The van der Waals surface area contributed by atoms with Crippen LogP contribution in [0.4, 0.5) is 0 Å². The Kier molecular flexibility index (Phi) is 8.73. The minimum Gasteiger partial charge on any atom is -0.342 e. The standard InChI is InChI=1S/C17H33N3O.ClH/c1-14-6-8-16(9-7-14)19(3)17(21)13-20-10-4-5-15(12-20)11-18-2;/h14-16,18H,4-13H2,1-3H3;1H. The summed E-state index contributed by atoms with van der Waals surface area (Å²) in [6.45, 7) is 6.17. The molecule has 2 rings (SSSR count). The number of amides is 1. The molecule has 1 saturated carbocycles. The number of likely N-dealkylation sites (N-methyl/N-ethyl adjacent to an activating group) is 1. The molecular formula is C17H34ClN3O. The van der Waals surface area contributed by atoms with E-state index in [1.54, 1.807) is 0 Å². The van der Waals surface area contributed by atoms with E-state index >= 15 is 0 Å². The lowest BCUT2D eigenvalue weighted by Gasteiger charge is -2.37. The molecule has 0 aromatic rings. The smallest absolute Gasteiger partial charge is 0.236 e. The molecule has 2 aliphatic rings. The van der Waals surface area contributed by atoms with Crippen molar-refractivity contribution in [2.45, 2.75) is 51.5 Å². The number of carbonyl (C=O) groups excluding carboxylic acids is 1. The monoisotopic (exact) mass is 331 g/mol. The summed E-state index contributed by atoms with van der Waals surface area (Å²) in [5, 5.41) is 3.27. The Morgan fingerprint density at radius 1 is 1.23 bits per heavy atom. The first-order valence-corrected chi connectivity index (χ1v) is 8.72. The van der Waals surface area contributed by atoms with Crippen LogP contribution in [0.5, 0.6) is 0 Å². The second-order valence-electron chi connectivity index (χ2n) is 7.22. The fourth-order valence-electron chi connectivity index (χ4n) is 3.89. The first kappa shape index (κ1) is 19.7. The Balaban J connectivity index is 0.00000242. The van der Waals surface area contributed by atoms with Gasteiger partial charge in [0, 0.05) is 19.6 Å². The maximum Gasteiger partial charge on any atom is 0.236 e. The predicted octanol–water partition coefficient (Wildman–Crippen LogP) is 2.38. The average Bonchev–Trinajstić information content (AvgIpc) is 2.48. The maximum absolute atomic E-state index is 12.5. The Morgan fingerprint density at radius 3 is 2.55 bits per heavy atom. The quantitative estimate of drug-likeness (QED) is 0.840. The third-order valence-corrected chi connectivity index (χ3v) is 5.38. The highest BCUT2D eigenvalue weighted by atomic mass is 35.5. The van der Waals surface area contributed by atoms with Crippen LogP contribution in [-0.4, -0.2) is 62.0 Å². The van der Waals surface area contributed by atoms with E-state index in [1.807, 2.05) is 19.0 Å². The van der Waals surface area contributed by atoms with Crippen LogP contribution in [0, 0.1) is 11.8 Å². The third kappa shape index (κ3) is 5.71. The van der Waals surface area contributed by atoms with Crippen LogP contribution in [0.1, 0.15) is 45.4 Å². The zero-order valence-electron chi connectivity index (χ0n) is 14.5. The van der Waals surface area contributed by atoms with E-state index in [9.17, 15) is 4.79 Å². The van der Waals surface area contributed by atoms with Crippen molar-refractivity contribution < 1.29 is 4.79 Å². The first-order chi connectivity index (χ1) is 10.1. The Morgan fingerprint density at radius 2 is 1.91 bits per heavy atom. The van der Waals surface area contributed by atoms with E-state index in [2.05, 4.69) is 17.1 Å². The molecule has 1 amide bonds. The van der Waals surface area contributed by atoms with Gasteiger partial charge >= 0.3 is 0 Å². The van der Waals surface area contributed by atoms with Gasteiger partial charge in [-0.3, -0.25) is 9.69 Å². The SMILES string of the molecule is CNCC1CCCN(CC(=O)N(C)C2CCC(C)CC2)C1.Cl. The molecule has 2 fully saturated rings. The van der Waals surface area contributed by atoms with Crippen LogP contribution in [0.15, 0.2) is 0 Å². The summed E-state index contributed by atoms with van der Waals surface area (Å²) in [6, 6.07) is 0.478. The molecule has 4 nitrogen and oxygen atoms in total. The van der Waals surface area contributed by atoms with Crippen LogP contribution < -0.4 is 5.32 Å². The normalized spacial score (nSPS) is 29.7. The van der Waals surface area contributed by atoms with Gasteiger partial charge in [0.15, 0.2) is 0 Å². The second kappa shape index (κ2) is 9.74. The number of hydrogen-bond donors (Lipinski definition) is 1. The number of halogens is 1. The molecule has 1 aliphatic heterocycles. The molecule has 0 aromatic carbocycles. The largest absolute Gasteiger partial charge is 0.342 e. The maximum atomic E-state index is 12.5. The lowest BCUT2D eigenvalue weighted by Crippen LogP contribution is -2.47. The zero-order chi connectivity index (χ0) is 15.2. The summed E-state index contributed by atoms with van der Waals surface area (Å²) in [7, 11) is 4.03. The molecule has 0 spiro atoms. The zero-order valence-corrected chi connectivity index (χ0v) is 15.3. The van der Waals surface area contributed by atoms with E-state index in [-0.39, 0.29) is 12.4 Å². The van der Waals surface area contributed by atoms with Crippen molar-refractivity contribution >= 4 is 18.3 Å². The van der Waals surface area contributed by atoms with Gasteiger partial charge in [-0.1, -0.05) is 6.92 Å². The molecule has 1 atom stereocenters. The fraction of sp³-hybridized carbons (Fsp3) is 0.941. The molecular weight excluding hydrogens is 298 g/mol. The van der Waals surface area contributed by atoms with Gasteiger partial charge in [-0.2, -0.15) is 0 Å². The van der Waals surface area contributed by atoms with Crippen molar-refractivity contribution in [1.82, 2.24) is 15.1 Å². The summed E-state index contributed by atoms with van der Waals surface area (Å²) >= 11 is 0. The highest BCUT2D eigenvalue weighted by Crippen LogP contribution is 2.26. The van der Waals surface area contributed by atoms with Crippen LogP contribution in [0.25, 0.3) is 0 Å². The lowest BCUT2D eigenvalue weighted by atomic mass is 9.87. The van der Waals surface area contributed by atoms with E-state index in [4.69, 9.17) is 0 Å². The average molecular weight is 332 g/mol. The van der Waals surface area contributed by atoms with Crippen molar-refractivity contribution in [1.29, 1.82) is 0 Å². The van der Waals surface area contributed by atoms with Crippen LogP contribution in [0.2, 0.25) is 0 Å². The Bertz CT molecular complexity index is 330. The Labute approximate surface area is 142 Å². The van der Waals surface area contributed by atoms with Crippen molar-refractivity contribution in [3.05, 3.63) is 0 Å². The predicted molar refractivity (Wildman–Crippen MR) is 94.5 cm³/mol. The number of carbonyl (C=O) groups is 1. The van der Waals surface area contributed by atoms with E-state index in [1.165, 1.54) is 38.5 Å². The number of likely N-dealkylation sites (tertiary alicyclic amines) is 1. The number of hydrogen-bond acceptors (Lipinski definition) is 3. The van der Waals surface area contributed by atoms with Gasteiger partial charge in [0.25, 0.3) is 0 Å². The van der Waals surface area contributed by atoms with E-state index in [0.29, 0.717) is 24.4 Å². The van der Waals surface area contributed by atoms with Gasteiger partial charge in [-0.15, -0.1) is 12.4 Å². The van der Waals surface area contributed by atoms with Crippen LogP contribution in [0.3, 0.4) is 0 Å². The minimum atomic E-state index is 0. The molecule has 5 heteroatoms. The van der Waals surface area contributed by atoms with Gasteiger partial charge in [-0.05, 0) is 70.5 Å². The van der Waals surface area contributed by atoms with E-state index < -0.39 is 0 Å². The highest BCUT2D eigenvalue weighted by molar-refractivity contribution is 5.85. The topological polar surface area (TPSA) is 35.6 Å². The van der Waals surface area contributed by atoms with Gasteiger partial charge in [-0.25, -0.2) is 0 Å². The molecule has 0 aromatic heterocycles. The molecule has 0 bridgehead atoms. The summed E-state index contributed by atoms with van der Waals surface area (Å²) in [5.74, 6) is 1.87. The second-order valence-corrected chi connectivity index (χ2v) is 7.22. The minimum absolute atomic E-state index is 0. The van der Waals surface area contributed by atoms with Gasteiger partial charge < -0.3 is 10.2 Å². The fourth-order valence-corrected chi connectivity index (χ4v) is 3.89. The third-order valence-electron chi connectivity index (χ3n) is 5.38. The van der Waals surface area contributed by atoms with Crippen molar-refractivity contribution in [3.63, 3.8) is 0 Å². The molecule has 22 heavy (non-hydrogen) atoms. The Hall–Kier alpha value is -0.320. The lowest BCUT2D eigenvalue weighted by molar-refractivity contribution is -0.134. The summed E-state index contributed by atoms with van der Waals surface area (Å²) in [4.78, 5) is 16.9. The van der Waals surface area contributed by atoms with Crippen LogP contribution >= 0.6 is 12.4 Å². The molecule has 130 valence electrons. The number of piperidine rings is 1. The molecule has 1 heterocycles. The highest BCUT2D eigenvalue weighted by Gasteiger charge is 2.27. The molecule has 1 saturated heterocycles. The number of nitrogens with zero attached hydrogens (tertiary/aromatic N) is 2. The molecule has 1 N–H and O–H groups in total. The molecule has 0 radical (unpaired) electrons. The van der Waals surface area contributed by atoms with Crippen molar-refractivity contribution in [2.24, 2.45) is 11.8 Å². The van der Waals surface area contributed by atoms with Gasteiger partial charge in [0.05, 0.1) is 6.54 Å². The summed E-state index contributed by atoms with van der Waals surface area (Å²) in [5.41, 5.74) is 0. The molecule has 1 unspecified atom stereocenters. The van der Waals surface area contributed by atoms with Crippen molar-refractivity contribution in [3.8, 4) is 0 Å². The number of nitrogens with one attached hydrogen (secondary N) is 1. The summed E-state index contributed by atoms with van der Waals surface area (Å²) in [6.07, 6.45) is 7.44. The molecule has 1 aliphatic carbocycles. The first-order valence-electron chi connectivity index (χ1n) is 8.72. The van der Waals surface area contributed by atoms with Crippen LogP contribution in [-0.2, 0) is 4.79 Å². The van der Waals surface area contributed by atoms with E-state index in [0.717, 1.165) is 25.6 Å². The van der Waals surface area contributed by atoms with Crippen molar-refractivity contribution in [2.75, 3.05) is 40.3 Å². The van der Waals surface area contributed by atoms with Gasteiger partial charge in [0.2, 0.25) is 5.91 Å². The number of rotatable bonds is 5.